The number of benzene rings is 3. The molecule has 0 bridgehead atoms. The number of nitrogens with one attached hydrogen (secondary N) is 1. The normalized spacial score (nSPS) is 11.0. The SMILES string of the molecule is CCc1ccccc1NC(=O)/C(C#N)=C/c1ccc(Cc2ccccc2F)c(OC)c1. The van der Waals surface area contributed by atoms with Crippen LogP contribution in [0.4, 0.5) is 10.1 Å². The number of ether oxygens (including phenoxy) is 1. The van der Waals surface area contributed by atoms with Crippen molar-refractivity contribution in [3.8, 4) is 11.8 Å². The van der Waals surface area contributed by atoms with Crippen LogP contribution in [0.25, 0.3) is 6.08 Å². The lowest BCUT2D eigenvalue weighted by Crippen LogP contribution is -2.14. The van der Waals surface area contributed by atoms with E-state index in [0.717, 1.165) is 17.5 Å². The monoisotopic (exact) mass is 414 g/mol. The van der Waals surface area contributed by atoms with Crippen LogP contribution >= 0.6 is 0 Å². The number of nitriles is 1. The third-order valence-electron chi connectivity index (χ3n) is 4.97. The lowest BCUT2D eigenvalue weighted by atomic mass is 10.0. The van der Waals surface area contributed by atoms with Gasteiger partial charge >= 0.3 is 0 Å². The lowest BCUT2D eigenvalue weighted by Gasteiger charge is -2.11. The Balaban J connectivity index is 1.84. The second-order valence-corrected chi connectivity index (χ2v) is 6.97. The van der Waals surface area contributed by atoms with E-state index >= 15 is 0 Å². The molecule has 156 valence electrons. The molecule has 3 aromatic rings. The number of anilines is 1. The first-order valence-corrected chi connectivity index (χ1v) is 9.97. The van der Waals surface area contributed by atoms with Crippen molar-refractivity contribution >= 4 is 17.7 Å². The average Bonchev–Trinajstić information content (AvgIpc) is 2.79. The Kier molecular flexibility index (Phi) is 7.18. The minimum atomic E-state index is -0.474. The molecule has 1 amide bonds. The Morgan fingerprint density at radius 2 is 1.77 bits per heavy atom. The predicted molar refractivity (Wildman–Crippen MR) is 120 cm³/mol. The van der Waals surface area contributed by atoms with Gasteiger partial charge in [0.2, 0.25) is 0 Å². The molecular weight excluding hydrogens is 391 g/mol. The summed E-state index contributed by atoms with van der Waals surface area (Å²) in [6.45, 7) is 2.00. The summed E-state index contributed by atoms with van der Waals surface area (Å²) in [5, 5.41) is 12.3. The summed E-state index contributed by atoms with van der Waals surface area (Å²) < 4.78 is 19.5. The van der Waals surface area contributed by atoms with E-state index in [1.54, 1.807) is 30.3 Å². The van der Waals surface area contributed by atoms with Gasteiger partial charge in [-0.05, 0) is 52.9 Å². The molecule has 0 aromatic heterocycles. The maximum absolute atomic E-state index is 14.0. The lowest BCUT2D eigenvalue weighted by molar-refractivity contribution is -0.112. The number of rotatable bonds is 7. The van der Waals surface area contributed by atoms with E-state index in [9.17, 15) is 14.4 Å². The number of hydrogen-bond donors (Lipinski definition) is 1. The van der Waals surface area contributed by atoms with E-state index < -0.39 is 5.91 Å². The maximum atomic E-state index is 14.0. The molecule has 31 heavy (non-hydrogen) atoms. The number of carbonyl (C=O) groups is 1. The highest BCUT2D eigenvalue weighted by Gasteiger charge is 2.13. The second-order valence-electron chi connectivity index (χ2n) is 6.97. The first kappa shape index (κ1) is 21.8. The molecule has 1 N–H and O–H groups in total. The largest absolute Gasteiger partial charge is 0.496 e. The summed E-state index contributed by atoms with van der Waals surface area (Å²) in [6, 6.07) is 21.4. The van der Waals surface area contributed by atoms with E-state index in [2.05, 4.69) is 5.32 Å². The fourth-order valence-corrected chi connectivity index (χ4v) is 3.30. The van der Waals surface area contributed by atoms with Crippen LogP contribution in [-0.4, -0.2) is 13.0 Å². The molecule has 0 atom stereocenters. The third-order valence-corrected chi connectivity index (χ3v) is 4.97. The molecule has 0 unspecified atom stereocenters. The number of methoxy groups -OCH3 is 1. The number of hydrogen-bond acceptors (Lipinski definition) is 3. The summed E-state index contributed by atoms with van der Waals surface area (Å²) in [5.74, 6) is -0.187. The highest BCUT2D eigenvalue weighted by molar-refractivity contribution is 6.10. The third kappa shape index (κ3) is 5.37. The van der Waals surface area contributed by atoms with Gasteiger partial charge < -0.3 is 10.1 Å². The molecule has 4 nitrogen and oxygen atoms in total. The highest BCUT2D eigenvalue weighted by atomic mass is 19.1. The first-order chi connectivity index (χ1) is 15.0. The average molecular weight is 414 g/mol. The molecular formula is C26H23FN2O2. The van der Waals surface area contributed by atoms with Crippen LogP contribution in [0.3, 0.4) is 0 Å². The smallest absolute Gasteiger partial charge is 0.266 e. The molecule has 0 saturated carbocycles. The maximum Gasteiger partial charge on any atom is 0.266 e. The number of nitrogens with zero attached hydrogens (tertiary/aromatic N) is 1. The van der Waals surface area contributed by atoms with Crippen molar-refractivity contribution in [1.29, 1.82) is 5.26 Å². The molecule has 0 saturated heterocycles. The van der Waals surface area contributed by atoms with Crippen LogP contribution in [0.1, 0.15) is 29.2 Å². The van der Waals surface area contributed by atoms with Crippen molar-refractivity contribution in [3.63, 3.8) is 0 Å². The van der Waals surface area contributed by atoms with E-state index in [1.807, 2.05) is 43.3 Å². The Labute approximate surface area is 181 Å². The summed E-state index contributed by atoms with van der Waals surface area (Å²) >= 11 is 0. The molecule has 5 heteroatoms. The Hall–Kier alpha value is -3.91. The molecule has 3 aromatic carbocycles. The number of halogens is 1. The number of para-hydroxylation sites is 1. The van der Waals surface area contributed by atoms with Crippen molar-refractivity contribution < 1.29 is 13.9 Å². The van der Waals surface area contributed by atoms with E-state index in [0.29, 0.717) is 29.0 Å². The second kappa shape index (κ2) is 10.2. The van der Waals surface area contributed by atoms with Crippen LogP contribution in [0, 0.1) is 17.1 Å². The van der Waals surface area contributed by atoms with Gasteiger partial charge in [0.05, 0.1) is 7.11 Å². The van der Waals surface area contributed by atoms with E-state index in [1.165, 1.54) is 19.3 Å². The molecule has 0 heterocycles. The highest BCUT2D eigenvalue weighted by Crippen LogP contribution is 2.25. The number of amides is 1. The topological polar surface area (TPSA) is 62.1 Å². The molecule has 0 aliphatic heterocycles. The van der Waals surface area contributed by atoms with Gasteiger partial charge in [0.15, 0.2) is 0 Å². The van der Waals surface area contributed by atoms with Crippen molar-refractivity contribution in [1.82, 2.24) is 0 Å². The summed E-state index contributed by atoms with van der Waals surface area (Å²) in [5.41, 5.74) is 3.68. The van der Waals surface area contributed by atoms with Gasteiger partial charge in [-0.2, -0.15) is 5.26 Å². The van der Waals surface area contributed by atoms with Gasteiger partial charge in [-0.25, -0.2) is 4.39 Å². The van der Waals surface area contributed by atoms with E-state index in [4.69, 9.17) is 4.74 Å². The fourth-order valence-electron chi connectivity index (χ4n) is 3.30. The molecule has 0 fully saturated rings. The van der Waals surface area contributed by atoms with Gasteiger partial charge in [-0.15, -0.1) is 0 Å². The molecule has 3 rings (SSSR count). The minimum Gasteiger partial charge on any atom is -0.496 e. The fraction of sp³-hybridized carbons (Fsp3) is 0.154. The van der Waals surface area contributed by atoms with Gasteiger partial charge in [0.25, 0.3) is 5.91 Å². The van der Waals surface area contributed by atoms with Gasteiger partial charge in [0, 0.05) is 12.1 Å². The zero-order valence-electron chi connectivity index (χ0n) is 17.5. The number of aryl methyl sites for hydroxylation is 1. The van der Waals surface area contributed by atoms with Crippen molar-refractivity contribution in [2.24, 2.45) is 0 Å². The van der Waals surface area contributed by atoms with Crippen molar-refractivity contribution in [2.45, 2.75) is 19.8 Å². The quantitative estimate of drug-likeness (QED) is 0.408. The summed E-state index contributed by atoms with van der Waals surface area (Å²) in [7, 11) is 1.53. The van der Waals surface area contributed by atoms with Crippen LogP contribution in [0.5, 0.6) is 5.75 Å². The van der Waals surface area contributed by atoms with Gasteiger partial charge in [0.1, 0.15) is 23.2 Å². The van der Waals surface area contributed by atoms with Crippen molar-refractivity contribution in [3.05, 3.63) is 100 Å². The van der Waals surface area contributed by atoms with Crippen LogP contribution in [0.2, 0.25) is 0 Å². The van der Waals surface area contributed by atoms with Crippen LogP contribution < -0.4 is 10.1 Å². The molecule has 0 aliphatic rings. The summed E-state index contributed by atoms with van der Waals surface area (Å²) in [4.78, 5) is 12.6. The van der Waals surface area contributed by atoms with E-state index in [-0.39, 0.29) is 11.4 Å². The molecule has 0 radical (unpaired) electrons. The number of carbonyl (C=O) groups excluding carboxylic acids is 1. The van der Waals surface area contributed by atoms with Gasteiger partial charge in [-0.1, -0.05) is 55.5 Å². The van der Waals surface area contributed by atoms with Crippen LogP contribution in [-0.2, 0) is 17.6 Å². The Morgan fingerprint density at radius 1 is 1.06 bits per heavy atom. The summed E-state index contributed by atoms with van der Waals surface area (Å²) in [6.07, 6.45) is 2.65. The predicted octanol–water partition coefficient (Wildman–Crippen LogP) is 5.53. The van der Waals surface area contributed by atoms with Crippen LogP contribution in [0.15, 0.2) is 72.3 Å². The molecule has 0 aliphatic carbocycles. The first-order valence-electron chi connectivity index (χ1n) is 9.97. The van der Waals surface area contributed by atoms with Gasteiger partial charge in [-0.3, -0.25) is 4.79 Å². The standard InChI is InChI=1S/C26H23FN2O2/c1-3-19-8-5-7-11-24(19)29-26(30)22(17-28)14-18-12-13-21(25(15-18)31-2)16-20-9-4-6-10-23(20)27/h4-15H,3,16H2,1-2H3,(H,29,30)/b22-14+. The van der Waals surface area contributed by atoms with Crippen molar-refractivity contribution in [2.75, 3.05) is 12.4 Å². The Bertz CT molecular complexity index is 1160. The minimum absolute atomic E-state index is 0.0187. The molecule has 0 spiro atoms. The Morgan fingerprint density at radius 3 is 2.45 bits per heavy atom. The zero-order chi connectivity index (χ0) is 22.2. The zero-order valence-corrected chi connectivity index (χ0v) is 17.5.